The van der Waals surface area contributed by atoms with Crippen LogP contribution in [0.2, 0.25) is 0 Å². The monoisotopic (exact) mass is 227 g/mol. The Labute approximate surface area is 92.8 Å². The Bertz CT molecular complexity index is 381. The van der Waals surface area contributed by atoms with E-state index in [1.165, 1.54) is 12.1 Å². The third-order valence-electron chi connectivity index (χ3n) is 2.05. The van der Waals surface area contributed by atoms with E-state index in [1.807, 2.05) is 0 Å². The fourth-order valence-corrected chi connectivity index (χ4v) is 1.22. The molecule has 0 saturated heterocycles. The normalized spacial score (nSPS) is 12.2. The minimum absolute atomic E-state index is 0.0941. The topological polar surface area (TPSA) is 72.5 Å². The number of carbonyl (C=O) groups is 1. The van der Waals surface area contributed by atoms with Gasteiger partial charge in [-0.05, 0) is 25.1 Å². The third kappa shape index (κ3) is 2.77. The molecule has 0 bridgehead atoms. The van der Waals surface area contributed by atoms with Crippen molar-refractivity contribution < 1.29 is 19.0 Å². The molecular formula is C11H14FNO3. The van der Waals surface area contributed by atoms with E-state index in [0.717, 1.165) is 6.07 Å². The number of rotatable bonds is 5. The summed E-state index contributed by atoms with van der Waals surface area (Å²) in [5.41, 5.74) is 5.47. The predicted molar refractivity (Wildman–Crippen MR) is 57.0 cm³/mol. The molecule has 16 heavy (non-hydrogen) atoms. The Morgan fingerprint density at radius 2 is 2.31 bits per heavy atom. The molecule has 0 saturated carbocycles. The second-order valence-corrected chi connectivity index (χ2v) is 3.23. The van der Waals surface area contributed by atoms with E-state index in [9.17, 15) is 9.18 Å². The van der Waals surface area contributed by atoms with Gasteiger partial charge in [-0.15, -0.1) is 0 Å². The summed E-state index contributed by atoms with van der Waals surface area (Å²) >= 11 is 0. The van der Waals surface area contributed by atoms with Crippen molar-refractivity contribution in [2.45, 2.75) is 13.0 Å². The maximum absolute atomic E-state index is 13.4. The molecule has 5 heteroatoms. The summed E-state index contributed by atoms with van der Waals surface area (Å²) in [6, 6.07) is 2.84. The van der Waals surface area contributed by atoms with Crippen molar-refractivity contribution in [3.05, 3.63) is 29.6 Å². The fraction of sp³-hybridized carbons (Fsp3) is 0.364. The van der Waals surface area contributed by atoms with Crippen LogP contribution in [0.1, 0.15) is 17.3 Å². The summed E-state index contributed by atoms with van der Waals surface area (Å²) in [6.45, 7) is 1.62. The van der Waals surface area contributed by atoms with E-state index in [-0.39, 0.29) is 11.3 Å². The first-order chi connectivity index (χ1) is 7.60. The summed E-state index contributed by atoms with van der Waals surface area (Å²) in [5, 5.41) is 8.71. The number of hydrogen-bond acceptors (Lipinski definition) is 4. The molecule has 1 aromatic rings. The lowest BCUT2D eigenvalue weighted by molar-refractivity contribution is 0.0925. The summed E-state index contributed by atoms with van der Waals surface area (Å²) in [6.07, 6.45) is 0. The summed E-state index contributed by atoms with van der Waals surface area (Å²) in [5.74, 6) is -1.01. The summed E-state index contributed by atoms with van der Waals surface area (Å²) in [4.78, 5) is 11.5. The quantitative estimate of drug-likeness (QED) is 0.727. The first-order valence-corrected chi connectivity index (χ1v) is 4.93. The van der Waals surface area contributed by atoms with Gasteiger partial charge in [-0.3, -0.25) is 4.79 Å². The highest BCUT2D eigenvalue weighted by atomic mass is 19.1. The molecule has 0 aliphatic rings. The number of halogens is 1. The SMILES string of the molecule is CCOc1ccc(C(=O)C(N)CO)cc1F. The Hall–Kier alpha value is -1.46. The molecule has 4 nitrogen and oxygen atoms in total. The molecule has 1 unspecified atom stereocenters. The number of benzene rings is 1. The average Bonchev–Trinajstić information content (AvgIpc) is 2.30. The number of ether oxygens (including phenoxy) is 1. The van der Waals surface area contributed by atoms with Gasteiger partial charge in [0.1, 0.15) is 0 Å². The van der Waals surface area contributed by atoms with Crippen LogP contribution in [0.15, 0.2) is 18.2 Å². The number of Topliss-reactive ketones (excluding diaryl/α,β-unsaturated/α-hetero) is 1. The minimum atomic E-state index is -1.02. The lowest BCUT2D eigenvalue weighted by atomic mass is 10.1. The molecule has 0 amide bonds. The molecule has 0 aliphatic heterocycles. The Morgan fingerprint density at radius 3 is 2.81 bits per heavy atom. The number of ketones is 1. The van der Waals surface area contributed by atoms with Crippen LogP contribution in [0.25, 0.3) is 0 Å². The van der Waals surface area contributed by atoms with Gasteiger partial charge >= 0.3 is 0 Å². The molecule has 0 aliphatic carbocycles. The molecule has 1 rings (SSSR count). The maximum atomic E-state index is 13.4. The predicted octanol–water partition coefficient (Wildman–Crippen LogP) is 0.727. The fourth-order valence-electron chi connectivity index (χ4n) is 1.22. The van der Waals surface area contributed by atoms with E-state index >= 15 is 0 Å². The van der Waals surface area contributed by atoms with Crippen LogP contribution in [0.5, 0.6) is 5.75 Å². The summed E-state index contributed by atoms with van der Waals surface area (Å²) < 4.78 is 18.4. The first-order valence-electron chi connectivity index (χ1n) is 4.93. The van der Waals surface area contributed by atoms with E-state index in [0.29, 0.717) is 6.61 Å². The van der Waals surface area contributed by atoms with E-state index < -0.39 is 24.2 Å². The van der Waals surface area contributed by atoms with Gasteiger partial charge in [0.2, 0.25) is 0 Å². The van der Waals surface area contributed by atoms with E-state index in [1.54, 1.807) is 6.92 Å². The van der Waals surface area contributed by atoms with Crippen LogP contribution in [0, 0.1) is 5.82 Å². The lowest BCUT2D eigenvalue weighted by Gasteiger charge is -2.09. The zero-order valence-corrected chi connectivity index (χ0v) is 8.94. The molecule has 0 heterocycles. The molecule has 0 spiro atoms. The third-order valence-corrected chi connectivity index (χ3v) is 2.05. The van der Waals surface area contributed by atoms with Gasteiger partial charge in [0, 0.05) is 5.56 Å². The van der Waals surface area contributed by atoms with Crippen LogP contribution in [-0.2, 0) is 0 Å². The Morgan fingerprint density at radius 1 is 1.62 bits per heavy atom. The first kappa shape index (κ1) is 12.6. The number of aliphatic hydroxyl groups excluding tert-OH is 1. The van der Waals surface area contributed by atoms with Crippen molar-refractivity contribution in [3.8, 4) is 5.75 Å². The van der Waals surface area contributed by atoms with Gasteiger partial charge in [-0.1, -0.05) is 0 Å². The van der Waals surface area contributed by atoms with Crippen LogP contribution in [0.3, 0.4) is 0 Å². The molecule has 0 fully saturated rings. The second-order valence-electron chi connectivity index (χ2n) is 3.23. The smallest absolute Gasteiger partial charge is 0.181 e. The molecular weight excluding hydrogens is 213 g/mol. The van der Waals surface area contributed by atoms with Gasteiger partial charge in [-0.25, -0.2) is 4.39 Å². The van der Waals surface area contributed by atoms with Crippen molar-refractivity contribution in [2.75, 3.05) is 13.2 Å². The van der Waals surface area contributed by atoms with Crippen LogP contribution < -0.4 is 10.5 Å². The van der Waals surface area contributed by atoms with Crippen molar-refractivity contribution in [1.29, 1.82) is 0 Å². The molecule has 1 aromatic carbocycles. The van der Waals surface area contributed by atoms with Gasteiger partial charge in [0.05, 0.1) is 19.3 Å². The van der Waals surface area contributed by atoms with Crippen molar-refractivity contribution in [3.63, 3.8) is 0 Å². The van der Waals surface area contributed by atoms with Gasteiger partial charge in [0.15, 0.2) is 17.3 Å². The molecule has 0 radical (unpaired) electrons. The zero-order chi connectivity index (χ0) is 12.1. The highest BCUT2D eigenvalue weighted by Crippen LogP contribution is 2.18. The van der Waals surface area contributed by atoms with Crippen molar-refractivity contribution in [1.82, 2.24) is 0 Å². The van der Waals surface area contributed by atoms with Crippen LogP contribution >= 0.6 is 0 Å². The highest BCUT2D eigenvalue weighted by Gasteiger charge is 2.16. The molecule has 3 N–H and O–H groups in total. The molecule has 1 atom stereocenters. The minimum Gasteiger partial charge on any atom is -0.491 e. The van der Waals surface area contributed by atoms with Crippen molar-refractivity contribution in [2.24, 2.45) is 5.73 Å². The van der Waals surface area contributed by atoms with Gasteiger partial charge in [0.25, 0.3) is 0 Å². The molecule has 0 aromatic heterocycles. The van der Waals surface area contributed by atoms with Gasteiger partial charge in [-0.2, -0.15) is 0 Å². The van der Waals surface area contributed by atoms with E-state index in [2.05, 4.69) is 0 Å². The molecule has 88 valence electrons. The van der Waals surface area contributed by atoms with Crippen LogP contribution in [0.4, 0.5) is 4.39 Å². The van der Waals surface area contributed by atoms with E-state index in [4.69, 9.17) is 15.6 Å². The zero-order valence-electron chi connectivity index (χ0n) is 8.94. The number of hydrogen-bond donors (Lipinski definition) is 2. The number of aliphatic hydroxyl groups is 1. The standard InChI is InChI=1S/C11H14FNO3/c1-2-16-10-4-3-7(5-8(10)12)11(15)9(13)6-14/h3-5,9,14H,2,6,13H2,1H3. The Kier molecular flexibility index (Phi) is 4.39. The maximum Gasteiger partial charge on any atom is 0.181 e. The van der Waals surface area contributed by atoms with Crippen LogP contribution in [-0.4, -0.2) is 30.1 Å². The number of nitrogens with two attached hydrogens (primary N) is 1. The number of carbonyl (C=O) groups excluding carboxylic acids is 1. The van der Waals surface area contributed by atoms with Gasteiger partial charge < -0.3 is 15.6 Å². The average molecular weight is 227 g/mol. The largest absolute Gasteiger partial charge is 0.491 e. The highest BCUT2D eigenvalue weighted by molar-refractivity contribution is 6.00. The second kappa shape index (κ2) is 5.58. The Balaban J connectivity index is 2.92. The van der Waals surface area contributed by atoms with Crippen molar-refractivity contribution >= 4 is 5.78 Å². The summed E-state index contributed by atoms with van der Waals surface area (Å²) in [7, 11) is 0. The lowest BCUT2D eigenvalue weighted by Crippen LogP contribution is -2.34.